The standard InChI is InChI=1S/C26H25ClF3N3O3S/c1-17-6-9-23(18(2)14-17)31-37(35,36)24-15-19(7-8-22(24)27)25(34)33-12-10-32(11-13-33)21-5-3-4-20(16-21)26(28,29)30/h3-9,14-16,31H,10-13H2,1-2H3. The van der Waals surface area contributed by atoms with Gasteiger partial charge in [-0.05, 0) is 61.9 Å². The molecule has 0 unspecified atom stereocenters. The maximum absolute atomic E-state index is 13.2. The van der Waals surface area contributed by atoms with E-state index >= 15 is 0 Å². The van der Waals surface area contributed by atoms with Crippen molar-refractivity contribution in [2.75, 3.05) is 35.8 Å². The molecule has 1 aliphatic rings. The lowest BCUT2D eigenvalue weighted by Crippen LogP contribution is -2.48. The number of piperazine rings is 1. The second-order valence-corrected chi connectivity index (χ2v) is 11.0. The molecule has 3 aromatic rings. The molecule has 1 fully saturated rings. The molecule has 3 aromatic carbocycles. The number of rotatable bonds is 5. The lowest BCUT2D eigenvalue weighted by molar-refractivity contribution is -0.137. The summed E-state index contributed by atoms with van der Waals surface area (Å²) in [7, 11) is -4.08. The summed E-state index contributed by atoms with van der Waals surface area (Å²) in [6.45, 7) is 4.88. The number of carbonyl (C=O) groups is 1. The number of amides is 1. The third kappa shape index (κ3) is 6.02. The van der Waals surface area contributed by atoms with Crippen molar-refractivity contribution in [1.82, 2.24) is 4.90 Å². The summed E-state index contributed by atoms with van der Waals surface area (Å²) in [5.41, 5.74) is 1.99. The molecule has 37 heavy (non-hydrogen) atoms. The van der Waals surface area contributed by atoms with Crippen molar-refractivity contribution in [2.24, 2.45) is 0 Å². The summed E-state index contributed by atoms with van der Waals surface area (Å²) >= 11 is 6.20. The fourth-order valence-electron chi connectivity index (χ4n) is 4.20. The molecule has 6 nitrogen and oxygen atoms in total. The molecule has 0 spiro atoms. The second-order valence-electron chi connectivity index (χ2n) is 8.90. The highest BCUT2D eigenvalue weighted by Gasteiger charge is 2.31. The van der Waals surface area contributed by atoms with E-state index in [1.165, 1.54) is 24.3 Å². The number of alkyl halides is 3. The molecule has 1 heterocycles. The lowest BCUT2D eigenvalue weighted by Gasteiger charge is -2.36. The number of hydrogen-bond donors (Lipinski definition) is 1. The molecule has 1 saturated heterocycles. The van der Waals surface area contributed by atoms with E-state index in [1.54, 1.807) is 34.9 Å². The molecule has 4 rings (SSSR count). The van der Waals surface area contributed by atoms with E-state index in [4.69, 9.17) is 11.6 Å². The Morgan fingerprint density at radius 3 is 2.30 bits per heavy atom. The summed E-state index contributed by atoms with van der Waals surface area (Å²) in [5, 5.41) is -0.0248. The first-order valence-electron chi connectivity index (χ1n) is 11.5. The highest BCUT2D eigenvalue weighted by molar-refractivity contribution is 7.92. The van der Waals surface area contributed by atoms with Gasteiger partial charge in [-0.25, -0.2) is 8.42 Å². The first kappa shape index (κ1) is 26.8. The van der Waals surface area contributed by atoms with Crippen molar-refractivity contribution in [1.29, 1.82) is 0 Å². The topological polar surface area (TPSA) is 69.7 Å². The molecule has 1 amide bonds. The van der Waals surface area contributed by atoms with Gasteiger partial charge in [0.05, 0.1) is 16.3 Å². The quantitative estimate of drug-likeness (QED) is 0.439. The molecule has 0 aromatic heterocycles. The number of hydrogen-bond acceptors (Lipinski definition) is 4. The summed E-state index contributed by atoms with van der Waals surface area (Å²) in [6.07, 6.45) is -4.44. The molecule has 0 radical (unpaired) electrons. The van der Waals surface area contributed by atoms with Crippen molar-refractivity contribution in [2.45, 2.75) is 24.9 Å². The van der Waals surface area contributed by atoms with Crippen LogP contribution in [0.3, 0.4) is 0 Å². The van der Waals surface area contributed by atoms with Crippen molar-refractivity contribution >= 4 is 38.9 Å². The van der Waals surface area contributed by atoms with E-state index < -0.39 is 21.8 Å². The average molecular weight is 552 g/mol. The van der Waals surface area contributed by atoms with E-state index in [-0.39, 0.29) is 34.5 Å². The largest absolute Gasteiger partial charge is 0.416 e. The molecule has 0 bridgehead atoms. The van der Waals surface area contributed by atoms with E-state index in [1.807, 2.05) is 13.0 Å². The molecule has 0 aliphatic carbocycles. The Bertz CT molecular complexity index is 1440. The summed E-state index contributed by atoms with van der Waals surface area (Å²) in [6, 6.07) is 14.4. The van der Waals surface area contributed by atoms with Gasteiger partial charge < -0.3 is 9.80 Å². The molecule has 1 N–H and O–H groups in total. The van der Waals surface area contributed by atoms with Crippen LogP contribution in [0.1, 0.15) is 27.0 Å². The van der Waals surface area contributed by atoms with Crippen LogP contribution >= 0.6 is 11.6 Å². The summed E-state index contributed by atoms with van der Waals surface area (Å²) < 4.78 is 67.9. The molecular formula is C26H25ClF3N3O3S. The van der Waals surface area contributed by atoms with Gasteiger partial charge in [0.15, 0.2) is 0 Å². The van der Waals surface area contributed by atoms with Crippen LogP contribution in [-0.4, -0.2) is 45.4 Å². The number of nitrogens with zero attached hydrogens (tertiary/aromatic N) is 2. The Balaban J connectivity index is 1.49. The highest BCUT2D eigenvalue weighted by atomic mass is 35.5. The summed E-state index contributed by atoms with van der Waals surface area (Å²) in [4.78, 5) is 16.3. The van der Waals surface area contributed by atoms with Crippen LogP contribution in [0.25, 0.3) is 0 Å². The van der Waals surface area contributed by atoms with Crippen LogP contribution < -0.4 is 9.62 Å². The van der Waals surface area contributed by atoms with Gasteiger partial charge in [-0.2, -0.15) is 13.2 Å². The number of halogens is 4. The van der Waals surface area contributed by atoms with Crippen LogP contribution in [0.2, 0.25) is 5.02 Å². The molecule has 1 aliphatic heterocycles. The molecule has 11 heteroatoms. The van der Waals surface area contributed by atoms with Crippen molar-refractivity contribution in [3.8, 4) is 0 Å². The second kappa shape index (κ2) is 10.3. The predicted molar refractivity (Wildman–Crippen MR) is 138 cm³/mol. The average Bonchev–Trinajstić information content (AvgIpc) is 2.85. The molecule has 0 saturated carbocycles. The number of sulfonamides is 1. The minimum absolute atomic E-state index is 0.0248. The van der Waals surface area contributed by atoms with Gasteiger partial charge in [-0.3, -0.25) is 9.52 Å². The van der Waals surface area contributed by atoms with Gasteiger partial charge in [0, 0.05) is 37.4 Å². The fourth-order valence-corrected chi connectivity index (χ4v) is 5.86. The van der Waals surface area contributed by atoms with Crippen LogP contribution in [0.5, 0.6) is 0 Å². The normalized spacial score (nSPS) is 14.5. The zero-order valence-corrected chi connectivity index (χ0v) is 21.7. The van der Waals surface area contributed by atoms with Gasteiger partial charge in [0.2, 0.25) is 0 Å². The number of aryl methyl sites for hydroxylation is 2. The number of benzene rings is 3. The Morgan fingerprint density at radius 1 is 0.946 bits per heavy atom. The Hall–Kier alpha value is -3.24. The Labute approximate surface area is 218 Å². The minimum Gasteiger partial charge on any atom is -0.368 e. The SMILES string of the molecule is Cc1ccc(NS(=O)(=O)c2cc(C(=O)N3CCN(c4cccc(C(F)(F)F)c4)CC3)ccc2Cl)c(C)c1. The third-order valence-corrected chi connectivity index (χ3v) is 8.05. The lowest BCUT2D eigenvalue weighted by atomic mass is 10.1. The Morgan fingerprint density at radius 2 is 1.65 bits per heavy atom. The van der Waals surface area contributed by atoms with Crippen molar-refractivity contribution in [3.05, 3.63) is 87.9 Å². The first-order valence-corrected chi connectivity index (χ1v) is 13.3. The van der Waals surface area contributed by atoms with Crippen LogP contribution in [-0.2, 0) is 16.2 Å². The van der Waals surface area contributed by atoms with Gasteiger partial charge in [0.25, 0.3) is 15.9 Å². The van der Waals surface area contributed by atoms with E-state index in [9.17, 15) is 26.4 Å². The van der Waals surface area contributed by atoms with Gasteiger partial charge in [0.1, 0.15) is 4.90 Å². The fraction of sp³-hybridized carbons (Fsp3) is 0.269. The minimum atomic E-state index is -4.44. The van der Waals surface area contributed by atoms with Crippen molar-refractivity contribution < 1.29 is 26.4 Å². The highest BCUT2D eigenvalue weighted by Crippen LogP contribution is 2.32. The van der Waals surface area contributed by atoms with Crippen molar-refractivity contribution in [3.63, 3.8) is 0 Å². The smallest absolute Gasteiger partial charge is 0.368 e. The summed E-state index contributed by atoms with van der Waals surface area (Å²) in [5.74, 6) is -0.386. The van der Waals surface area contributed by atoms with Crippen LogP contribution in [0, 0.1) is 13.8 Å². The number of anilines is 2. The van der Waals surface area contributed by atoms with Gasteiger partial charge in [-0.1, -0.05) is 35.4 Å². The zero-order chi connectivity index (χ0) is 27.0. The Kier molecular flexibility index (Phi) is 7.43. The number of nitrogens with one attached hydrogen (secondary N) is 1. The molecular weight excluding hydrogens is 527 g/mol. The monoisotopic (exact) mass is 551 g/mol. The van der Waals surface area contributed by atoms with E-state index in [0.29, 0.717) is 24.5 Å². The van der Waals surface area contributed by atoms with E-state index in [0.717, 1.165) is 23.3 Å². The molecule has 0 atom stereocenters. The van der Waals surface area contributed by atoms with Crippen LogP contribution in [0.15, 0.2) is 65.6 Å². The maximum Gasteiger partial charge on any atom is 0.416 e. The maximum atomic E-state index is 13.2. The predicted octanol–water partition coefficient (Wildman–Crippen LogP) is 5.74. The molecule has 196 valence electrons. The first-order chi connectivity index (χ1) is 17.3. The van der Waals surface area contributed by atoms with E-state index in [2.05, 4.69) is 4.72 Å². The zero-order valence-electron chi connectivity index (χ0n) is 20.1. The van der Waals surface area contributed by atoms with Crippen LogP contribution in [0.4, 0.5) is 24.5 Å². The number of carbonyl (C=O) groups excluding carboxylic acids is 1. The van der Waals surface area contributed by atoms with Gasteiger partial charge in [-0.15, -0.1) is 0 Å². The third-order valence-electron chi connectivity index (χ3n) is 6.20. The van der Waals surface area contributed by atoms with Gasteiger partial charge >= 0.3 is 6.18 Å².